The number of hydrogen-bond acceptors (Lipinski definition) is 7. The van der Waals surface area contributed by atoms with E-state index in [0.29, 0.717) is 18.4 Å². The molecule has 29 heavy (non-hydrogen) atoms. The van der Waals surface area contributed by atoms with E-state index in [-0.39, 0.29) is 0 Å². The van der Waals surface area contributed by atoms with Crippen LogP contribution in [0.1, 0.15) is 62.3 Å². The molecule has 0 aliphatic heterocycles. The summed E-state index contributed by atoms with van der Waals surface area (Å²) in [6.07, 6.45) is 8.85. The first-order chi connectivity index (χ1) is 14.3. The van der Waals surface area contributed by atoms with Crippen LogP contribution < -0.4 is 4.74 Å². The zero-order valence-electron chi connectivity index (χ0n) is 17.2. The van der Waals surface area contributed by atoms with E-state index in [1.54, 1.807) is 18.4 Å². The second-order valence-electron chi connectivity index (χ2n) is 7.74. The van der Waals surface area contributed by atoms with E-state index in [2.05, 4.69) is 27.2 Å². The Hall–Kier alpha value is -1.54. The van der Waals surface area contributed by atoms with E-state index >= 15 is 0 Å². The number of hydrogen-bond donors (Lipinski definition) is 1. The van der Waals surface area contributed by atoms with Crippen LogP contribution in [0.5, 0.6) is 5.75 Å². The van der Waals surface area contributed by atoms with Gasteiger partial charge < -0.3 is 9.47 Å². The molecular formula is C22H32N2O4S. The lowest BCUT2D eigenvalue weighted by atomic mass is 9.83. The molecule has 1 saturated carbocycles. The maximum absolute atomic E-state index is 8.62. The van der Waals surface area contributed by atoms with Crippen molar-refractivity contribution in [3.05, 3.63) is 29.3 Å². The van der Waals surface area contributed by atoms with Crippen LogP contribution in [0.25, 0.3) is 10.6 Å². The summed E-state index contributed by atoms with van der Waals surface area (Å²) in [7, 11) is 1.75. The molecule has 1 aromatic heterocycles. The lowest BCUT2D eigenvalue weighted by Crippen LogP contribution is -2.17. The second-order valence-corrected chi connectivity index (χ2v) is 8.75. The summed E-state index contributed by atoms with van der Waals surface area (Å²) in [5.74, 6) is 1.84. The molecule has 1 aliphatic rings. The van der Waals surface area contributed by atoms with E-state index in [1.165, 1.54) is 12.8 Å². The monoisotopic (exact) mass is 420 g/mol. The van der Waals surface area contributed by atoms with Crippen molar-refractivity contribution in [2.75, 3.05) is 26.9 Å². The summed E-state index contributed by atoms with van der Waals surface area (Å²) in [6.45, 7) is 2.03. The molecule has 3 rings (SSSR count). The molecule has 0 spiro atoms. The van der Waals surface area contributed by atoms with Gasteiger partial charge in [-0.05, 0) is 75.1 Å². The molecule has 160 valence electrons. The smallest absolute Gasteiger partial charge is 0.147 e. The number of methoxy groups -OCH3 is 1. The zero-order valence-corrected chi connectivity index (χ0v) is 18.0. The highest BCUT2D eigenvalue weighted by molar-refractivity contribution is 7.14. The molecule has 0 atom stereocenters. The summed E-state index contributed by atoms with van der Waals surface area (Å²) in [4.78, 5) is 4.30. The van der Waals surface area contributed by atoms with E-state index in [9.17, 15) is 0 Å². The van der Waals surface area contributed by atoms with Gasteiger partial charge in [-0.15, -0.1) is 10.2 Å². The first-order valence-electron chi connectivity index (χ1n) is 10.6. The molecule has 1 heterocycles. The van der Waals surface area contributed by atoms with Gasteiger partial charge in [-0.1, -0.05) is 17.8 Å². The summed E-state index contributed by atoms with van der Waals surface area (Å²) >= 11 is 1.69. The normalized spacial score (nSPS) is 19.4. The number of benzene rings is 1. The lowest BCUT2D eigenvalue weighted by molar-refractivity contribution is -0.252. The SMILES string of the molecule is COCCCCCCOc1ccc(-c2nnc(C3CCC(COO)CC3)s2)cc1. The number of nitrogens with zero attached hydrogens (tertiary/aromatic N) is 2. The van der Waals surface area contributed by atoms with Gasteiger partial charge in [-0.25, -0.2) is 4.89 Å². The van der Waals surface area contributed by atoms with Gasteiger partial charge in [-0.3, -0.25) is 5.26 Å². The molecule has 0 saturated heterocycles. The van der Waals surface area contributed by atoms with Crippen molar-refractivity contribution in [1.82, 2.24) is 10.2 Å². The topological polar surface area (TPSA) is 73.7 Å². The molecule has 1 aromatic carbocycles. The number of rotatable bonds is 12. The predicted molar refractivity (Wildman–Crippen MR) is 114 cm³/mol. The molecule has 0 bridgehead atoms. The van der Waals surface area contributed by atoms with E-state index in [1.807, 2.05) is 12.1 Å². The summed E-state index contributed by atoms with van der Waals surface area (Å²) in [5, 5.41) is 19.6. The highest BCUT2D eigenvalue weighted by Gasteiger charge is 2.25. The largest absolute Gasteiger partial charge is 0.494 e. The Morgan fingerprint density at radius 1 is 0.966 bits per heavy atom. The van der Waals surface area contributed by atoms with E-state index in [0.717, 1.165) is 73.1 Å². The zero-order chi connectivity index (χ0) is 20.3. The van der Waals surface area contributed by atoms with Gasteiger partial charge in [0, 0.05) is 25.2 Å². The third kappa shape index (κ3) is 7.03. The number of ether oxygens (including phenoxy) is 2. The number of unbranched alkanes of at least 4 members (excludes halogenated alkanes) is 3. The third-order valence-electron chi connectivity index (χ3n) is 5.56. The maximum Gasteiger partial charge on any atom is 0.147 e. The minimum atomic E-state index is 0.441. The van der Waals surface area contributed by atoms with Crippen LogP contribution in [0, 0.1) is 5.92 Å². The standard InChI is InChI=1S/C22H32N2O4S/c1-26-14-4-2-3-5-15-27-20-12-10-19(11-13-20)22-24-23-21(29-22)18-8-6-17(7-9-18)16-28-25/h10-13,17-18,25H,2-9,14-16H2,1H3. The van der Waals surface area contributed by atoms with Crippen LogP contribution in [-0.2, 0) is 9.62 Å². The molecule has 2 aromatic rings. The molecule has 0 amide bonds. The molecule has 6 nitrogen and oxygen atoms in total. The van der Waals surface area contributed by atoms with Gasteiger partial charge in [0.25, 0.3) is 0 Å². The Balaban J connectivity index is 1.43. The van der Waals surface area contributed by atoms with Crippen LogP contribution in [-0.4, -0.2) is 42.4 Å². The Kier molecular flexibility index (Phi) is 9.34. The quantitative estimate of drug-likeness (QED) is 0.275. The highest BCUT2D eigenvalue weighted by Crippen LogP contribution is 2.38. The van der Waals surface area contributed by atoms with Crippen LogP contribution in [0.15, 0.2) is 24.3 Å². The molecule has 0 radical (unpaired) electrons. The van der Waals surface area contributed by atoms with Crippen molar-refractivity contribution in [3.63, 3.8) is 0 Å². The summed E-state index contributed by atoms with van der Waals surface area (Å²) in [6, 6.07) is 8.16. The van der Waals surface area contributed by atoms with Gasteiger partial charge in [0.15, 0.2) is 0 Å². The minimum absolute atomic E-state index is 0.441. The predicted octanol–water partition coefficient (Wildman–Crippen LogP) is 5.55. The van der Waals surface area contributed by atoms with Crippen molar-refractivity contribution >= 4 is 11.3 Å². The summed E-state index contributed by atoms with van der Waals surface area (Å²) < 4.78 is 10.9. The lowest BCUT2D eigenvalue weighted by Gasteiger charge is -2.25. The van der Waals surface area contributed by atoms with Gasteiger partial charge in [0.1, 0.15) is 15.8 Å². The van der Waals surface area contributed by atoms with Crippen LogP contribution in [0.2, 0.25) is 0 Å². The molecule has 7 heteroatoms. The fraction of sp³-hybridized carbons (Fsp3) is 0.636. The minimum Gasteiger partial charge on any atom is -0.494 e. The average Bonchev–Trinajstić information content (AvgIpc) is 3.25. The average molecular weight is 421 g/mol. The first kappa shape index (κ1) is 22.2. The Bertz CT molecular complexity index is 699. The molecular weight excluding hydrogens is 388 g/mol. The molecule has 1 aliphatic carbocycles. The van der Waals surface area contributed by atoms with Crippen molar-refractivity contribution < 1.29 is 19.6 Å². The van der Waals surface area contributed by atoms with Gasteiger partial charge in [-0.2, -0.15) is 0 Å². The molecule has 0 unspecified atom stereocenters. The first-order valence-corrected chi connectivity index (χ1v) is 11.4. The van der Waals surface area contributed by atoms with Crippen LogP contribution >= 0.6 is 11.3 Å². The van der Waals surface area contributed by atoms with E-state index in [4.69, 9.17) is 14.7 Å². The fourth-order valence-corrected chi connectivity index (χ4v) is 4.80. The van der Waals surface area contributed by atoms with Crippen LogP contribution in [0.4, 0.5) is 0 Å². The van der Waals surface area contributed by atoms with Gasteiger partial charge in [0.05, 0.1) is 13.2 Å². The maximum atomic E-state index is 8.62. The van der Waals surface area contributed by atoms with Crippen molar-refractivity contribution in [2.24, 2.45) is 5.92 Å². The molecule has 1 N–H and O–H groups in total. The Labute approximate surface area is 177 Å². The van der Waals surface area contributed by atoms with Gasteiger partial charge in [0.2, 0.25) is 0 Å². The van der Waals surface area contributed by atoms with Crippen LogP contribution in [0.3, 0.4) is 0 Å². The van der Waals surface area contributed by atoms with Crippen molar-refractivity contribution in [2.45, 2.75) is 57.3 Å². The second kappa shape index (κ2) is 12.2. The van der Waals surface area contributed by atoms with Crippen molar-refractivity contribution in [3.8, 4) is 16.3 Å². The molecule has 1 fully saturated rings. The Morgan fingerprint density at radius 3 is 2.38 bits per heavy atom. The summed E-state index contributed by atoms with van der Waals surface area (Å²) in [5.41, 5.74) is 1.09. The number of aromatic nitrogens is 2. The van der Waals surface area contributed by atoms with E-state index < -0.39 is 0 Å². The Morgan fingerprint density at radius 2 is 1.69 bits per heavy atom. The van der Waals surface area contributed by atoms with Gasteiger partial charge >= 0.3 is 0 Å². The van der Waals surface area contributed by atoms with Crippen molar-refractivity contribution in [1.29, 1.82) is 0 Å². The highest BCUT2D eigenvalue weighted by atomic mass is 32.1. The fourth-order valence-electron chi connectivity index (χ4n) is 3.78. The third-order valence-corrected chi connectivity index (χ3v) is 6.69.